The standard InChI is InChI=1S/C15H11BrFNO3/c1-8-3-2-4-10(15(20)21)13(8)18-14(19)9-5-6-11(16)12(17)7-9/h2-7H,1H3,(H,18,19)(H,20,21). The number of nitrogens with one attached hydrogen (secondary N) is 1. The smallest absolute Gasteiger partial charge is 0.337 e. The Hall–Kier alpha value is -2.21. The van der Waals surface area contributed by atoms with Gasteiger partial charge in [0.15, 0.2) is 0 Å². The van der Waals surface area contributed by atoms with Crippen molar-refractivity contribution in [3.05, 3.63) is 63.4 Å². The van der Waals surface area contributed by atoms with E-state index in [0.29, 0.717) is 5.56 Å². The first-order valence-corrected chi connectivity index (χ1v) is 6.78. The number of hydrogen-bond acceptors (Lipinski definition) is 2. The van der Waals surface area contributed by atoms with Gasteiger partial charge in [-0.25, -0.2) is 9.18 Å². The Morgan fingerprint density at radius 2 is 1.95 bits per heavy atom. The van der Waals surface area contributed by atoms with Crippen molar-refractivity contribution in [2.75, 3.05) is 5.32 Å². The molecule has 108 valence electrons. The Bertz CT molecular complexity index is 731. The molecule has 0 radical (unpaired) electrons. The van der Waals surface area contributed by atoms with E-state index in [1.54, 1.807) is 19.1 Å². The average Bonchev–Trinajstić information content (AvgIpc) is 2.43. The van der Waals surface area contributed by atoms with Crippen LogP contribution in [-0.4, -0.2) is 17.0 Å². The molecule has 0 fully saturated rings. The summed E-state index contributed by atoms with van der Waals surface area (Å²) in [6, 6.07) is 8.62. The molecule has 0 unspecified atom stereocenters. The fraction of sp³-hybridized carbons (Fsp3) is 0.0667. The Morgan fingerprint density at radius 1 is 1.24 bits per heavy atom. The molecule has 2 rings (SSSR count). The van der Waals surface area contributed by atoms with Gasteiger partial charge in [0.25, 0.3) is 5.91 Å². The molecule has 2 N–H and O–H groups in total. The van der Waals surface area contributed by atoms with Gasteiger partial charge in [-0.05, 0) is 52.7 Å². The highest BCUT2D eigenvalue weighted by atomic mass is 79.9. The normalized spacial score (nSPS) is 10.2. The number of para-hydroxylation sites is 1. The summed E-state index contributed by atoms with van der Waals surface area (Å²) >= 11 is 3.00. The largest absolute Gasteiger partial charge is 0.478 e. The van der Waals surface area contributed by atoms with Crippen molar-refractivity contribution in [1.29, 1.82) is 0 Å². The first-order chi connectivity index (χ1) is 9.90. The van der Waals surface area contributed by atoms with Gasteiger partial charge in [-0.2, -0.15) is 0 Å². The summed E-state index contributed by atoms with van der Waals surface area (Å²) < 4.78 is 13.7. The number of rotatable bonds is 3. The van der Waals surface area contributed by atoms with Crippen LogP contribution in [0.2, 0.25) is 0 Å². The van der Waals surface area contributed by atoms with Gasteiger partial charge in [0.2, 0.25) is 0 Å². The van der Waals surface area contributed by atoms with Gasteiger partial charge >= 0.3 is 5.97 Å². The molecule has 0 heterocycles. The number of amides is 1. The van der Waals surface area contributed by atoms with Gasteiger partial charge in [0.05, 0.1) is 15.7 Å². The van der Waals surface area contributed by atoms with Crippen molar-refractivity contribution in [1.82, 2.24) is 0 Å². The Kier molecular flexibility index (Phi) is 4.37. The molecule has 6 heteroatoms. The van der Waals surface area contributed by atoms with E-state index >= 15 is 0 Å². The monoisotopic (exact) mass is 351 g/mol. The van der Waals surface area contributed by atoms with Crippen LogP contribution in [0, 0.1) is 12.7 Å². The number of hydrogen-bond donors (Lipinski definition) is 2. The Balaban J connectivity index is 2.36. The van der Waals surface area contributed by atoms with E-state index < -0.39 is 17.7 Å². The van der Waals surface area contributed by atoms with Gasteiger partial charge in [-0.3, -0.25) is 4.79 Å². The predicted molar refractivity (Wildman–Crippen MR) is 80.2 cm³/mol. The average molecular weight is 352 g/mol. The van der Waals surface area contributed by atoms with Crippen molar-refractivity contribution >= 4 is 33.5 Å². The third kappa shape index (κ3) is 3.28. The second kappa shape index (κ2) is 6.05. The maximum Gasteiger partial charge on any atom is 0.337 e. The maximum absolute atomic E-state index is 13.4. The van der Waals surface area contributed by atoms with Gasteiger partial charge in [-0.1, -0.05) is 12.1 Å². The molecular formula is C15H11BrFNO3. The molecule has 21 heavy (non-hydrogen) atoms. The lowest BCUT2D eigenvalue weighted by molar-refractivity contribution is 0.0698. The van der Waals surface area contributed by atoms with E-state index in [-0.39, 0.29) is 21.3 Å². The van der Waals surface area contributed by atoms with Crippen molar-refractivity contribution < 1.29 is 19.1 Å². The van der Waals surface area contributed by atoms with E-state index in [1.807, 2.05) is 0 Å². The number of halogens is 2. The molecule has 0 saturated carbocycles. The lowest BCUT2D eigenvalue weighted by atomic mass is 10.1. The first-order valence-electron chi connectivity index (χ1n) is 5.99. The molecule has 0 aromatic heterocycles. The van der Waals surface area contributed by atoms with E-state index in [4.69, 9.17) is 5.11 Å². The lowest BCUT2D eigenvalue weighted by Gasteiger charge is -2.11. The Labute approximate surface area is 128 Å². The minimum atomic E-state index is -1.14. The van der Waals surface area contributed by atoms with E-state index in [2.05, 4.69) is 21.2 Å². The van der Waals surface area contributed by atoms with E-state index in [0.717, 1.165) is 6.07 Å². The molecule has 0 aliphatic carbocycles. The van der Waals surface area contributed by atoms with Crippen LogP contribution in [0.15, 0.2) is 40.9 Å². The summed E-state index contributed by atoms with van der Waals surface area (Å²) in [5, 5.41) is 11.7. The quantitative estimate of drug-likeness (QED) is 0.882. The number of anilines is 1. The van der Waals surface area contributed by atoms with Gasteiger partial charge in [-0.15, -0.1) is 0 Å². The zero-order chi connectivity index (χ0) is 15.6. The Morgan fingerprint density at radius 3 is 2.57 bits per heavy atom. The van der Waals surface area contributed by atoms with Gasteiger partial charge < -0.3 is 10.4 Å². The van der Waals surface area contributed by atoms with Crippen LogP contribution in [0.25, 0.3) is 0 Å². The first kappa shape index (κ1) is 15.2. The minimum absolute atomic E-state index is 0.0130. The SMILES string of the molecule is Cc1cccc(C(=O)O)c1NC(=O)c1ccc(Br)c(F)c1. The maximum atomic E-state index is 13.4. The highest BCUT2D eigenvalue weighted by Crippen LogP contribution is 2.22. The van der Waals surface area contributed by atoms with Crippen LogP contribution in [0.5, 0.6) is 0 Å². The number of carboxylic acids is 1. The molecule has 4 nitrogen and oxygen atoms in total. The number of aromatic carboxylic acids is 1. The van der Waals surface area contributed by atoms with Crippen LogP contribution < -0.4 is 5.32 Å². The summed E-state index contributed by atoms with van der Waals surface area (Å²) in [5.41, 5.74) is 0.912. The second-order valence-electron chi connectivity index (χ2n) is 4.39. The summed E-state index contributed by atoms with van der Waals surface area (Å²) in [7, 11) is 0. The summed E-state index contributed by atoms with van der Waals surface area (Å²) in [4.78, 5) is 23.3. The number of carbonyl (C=O) groups is 2. The zero-order valence-corrected chi connectivity index (χ0v) is 12.6. The molecule has 0 saturated heterocycles. The third-order valence-corrected chi connectivity index (χ3v) is 3.57. The zero-order valence-electron chi connectivity index (χ0n) is 11.0. The fourth-order valence-electron chi connectivity index (χ4n) is 1.83. The van der Waals surface area contributed by atoms with Crippen LogP contribution in [0.4, 0.5) is 10.1 Å². The predicted octanol–water partition coefficient (Wildman–Crippen LogP) is 3.85. The van der Waals surface area contributed by atoms with Gasteiger partial charge in [0.1, 0.15) is 5.82 Å². The third-order valence-electron chi connectivity index (χ3n) is 2.92. The molecule has 0 bridgehead atoms. The van der Waals surface area contributed by atoms with Crippen LogP contribution in [0.1, 0.15) is 26.3 Å². The number of carboxylic acid groups (broad SMARTS) is 1. The summed E-state index contributed by atoms with van der Waals surface area (Å²) in [6.45, 7) is 1.68. The highest BCUT2D eigenvalue weighted by Gasteiger charge is 2.16. The lowest BCUT2D eigenvalue weighted by Crippen LogP contribution is -2.16. The van der Waals surface area contributed by atoms with E-state index in [9.17, 15) is 14.0 Å². The molecule has 2 aromatic rings. The van der Waals surface area contributed by atoms with Crippen molar-refractivity contribution in [3.63, 3.8) is 0 Å². The van der Waals surface area contributed by atoms with Crippen LogP contribution >= 0.6 is 15.9 Å². The molecule has 0 aliphatic heterocycles. The van der Waals surface area contributed by atoms with Gasteiger partial charge in [0, 0.05) is 5.56 Å². The minimum Gasteiger partial charge on any atom is -0.478 e. The van der Waals surface area contributed by atoms with Crippen molar-refractivity contribution in [2.45, 2.75) is 6.92 Å². The topological polar surface area (TPSA) is 66.4 Å². The number of carbonyl (C=O) groups excluding carboxylic acids is 1. The second-order valence-corrected chi connectivity index (χ2v) is 5.24. The molecular weight excluding hydrogens is 341 g/mol. The number of aryl methyl sites for hydroxylation is 1. The molecule has 0 atom stereocenters. The highest BCUT2D eigenvalue weighted by molar-refractivity contribution is 9.10. The van der Waals surface area contributed by atoms with E-state index in [1.165, 1.54) is 18.2 Å². The molecule has 0 spiro atoms. The number of benzene rings is 2. The van der Waals surface area contributed by atoms with Crippen molar-refractivity contribution in [3.8, 4) is 0 Å². The molecule has 2 aromatic carbocycles. The van der Waals surface area contributed by atoms with Crippen molar-refractivity contribution in [2.24, 2.45) is 0 Å². The summed E-state index contributed by atoms with van der Waals surface area (Å²) in [5.74, 6) is -2.28. The summed E-state index contributed by atoms with van der Waals surface area (Å²) in [6.07, 6.45) is 0. The van der Waals surface area contributed by atoms with Crippen LogP contribution in [-0.2, 0) is 0 Å². The molecule has 0 aliphatic rings. The fourth-order valence-corrected chi connectivity index (χ4v) is 2.08. The molecule has 1 amide bonds. The van der Waals surface area contributed by atoms with Crippen LogP contribution in [0.3, 0.4) is 0 Å².